The Kier molecular flexibility index (Phi) is 8.25. The molecular weight excluding hydrogens is 547 g/mol. The lowest BCUT2D eigenvalue weighted by atomic mass is 9.96. The summed E-state index contributed by atoms with van der Waals surface area (Å²) in [7, 11) is -1.97. The Balaban J connectivity index is 1.34. The molecule has 3 heterocycles. The van der Waals surface area contributed by atoms with Crippen molar-refractivity contribution in [2.75, 3.05) is 44.7 Å². The molecular formula is C29H35FN6O4S. The van der Waals surface area contributed by atoms with E-state index >= 15 is 0 Å². The number of piperazine rings is 1. The minimum atomic E-state index is -4.08. The molecule has 0 radical (unpaired) electrons. The highest BCUT2D eigenvalue weighted by atomic mass is 32.2. The largest absolute Gasteiger partial charge is 0.457 e. The van der Waals surface area contributed by atoms with Gasteiger partial charge in [-0.05, 0) is 38.9 Å². The van der Waals surface area contributed by atoms with Crippen LogP contribution in [0.25, 0.3) is 11.3 Å². The van der Waals surface area contributed by atoms with Crippen molar-refractivity contribution in [2.24, 2.45) is 4.40 Å². The Morgan fingerprint density at radius 1 is 1.07 bits per heavy atom. The first kappa shape index (κ1) is 28.9. The zero-order chi connectivity index (χ0) is 29.2. The van der Waals surface area contributed by atoms with E-state index in [2.05, 4.69) is 36.5 Å². The molecule has 2 N–H and O–H groups in total. The molecule has 10 nitrogen and oxygen atoms in total. The summed E-state index contributed by atoms with van der Waals surface area (Å²) in [6, 6.07) is 12.2. The van der Waals surface area contributed by atoms with Crippen molar-refractivity contribution in [1.29, 1.82) is 0 Å². The fraction of sp³-hybridized carbons (Fsp3) is 0.414. The van der Waals surface area contributed by atoms with E-state index in [0.717, 1.165) is 37.6 Å². The lowest BCUT2D eigenvalue weighted by Crippen LogP contribution is -2.47. The summed E-state index contributed by atoms with van der Waals surface area (Å²) in [6.07, 6.45) is 3.63. The molecule has 0 amide bonds. The molecule has 2 atom stereocenters. The fourth-order valence-electron chi connectivity index (χ4n) is 5.32. The van der Waals surface area contributed by atoms with Crippen molar-refractivity contribution >= 4 is 21.9 Å². The average molecular weight is 583 g/mol. The molecule has 0 bridgehead atoms. The van der Waals surface area contributed by atoms with Crippen molar-refractivity contribution in [3.05, 3.63) is 77.9 Å². The molecule has 3 aromatic rings. The van der Waals surface area contributed by atoms with Crippen molar-refractivity contribution in [3.63, 3.8) is 0 Å². The summed E-state index contributed by atoms with van der Waals surface area (Å²) in [5.74, 6) is 0.359. The number of hydrogen-bond acceptors (Lipinski definition) is 9. The van der Waals surface area contributed by atoms with Crippen molar-refractivity contribution < 1.29 is 22.7 Å². The number of hydrogen-bond donors (Lipinski definition) is 2. The smallest absolute Gasteiger partial charge is 0.301 e. The minimum Gasteiger partial charge on any atom is -0.457 e. The number of nitrogens with zero attached hydrogens (tertiary/aromatic N) is 5. The fourth-order valence-corrected chi connectivity index (χ4v) is 7.01. The molecule has 1 unspecified atom stereocenters. The molecule has 1 aromatic heterocycles. The van der Waals surface area contributed by atoms with Crippen LogP contribution in [-0.4, -0.2) is 79.8 Å². The minimum absolute atomic E-state index is 0.133. The van der Waals surface area contributed by atoms with Gasteiger partial charge in [0.05, 0.1) is 24.1 Å². The Morgan fingerprint density at radius 3 is 2.39 bits per heavy atom. The number of rotatable bonds is 7. The molecule has 5 rings (SSSR count). The maximum Gasteiger partial charge on any atom is 0.301 e. The zero-order valence-electron chi connectivity index (χ0n) is 23.4. The zero-order valence-corrected chi connectivity index (χ0v) is 24.2. The van der Waals surface area contributed by atoms with E-state index in [1.807, 2.05) is 12.1 Å². The highest BCUT2D eigenvalue weighted by molar-refractivity contribution is 7.90. The maximum atomic E-state index is 14.4. The third-order valence-corrected chi connectivity index (χ3v) is 9.33. The second-order valence-corrected chi connectivity index (χ2v) is 12.6. The summed E-state index contributed by atoms with van der Waals surface area (Å²) in [5, 5.41) is 11.3. The van der Waals surface area contributed by atoms with Gasteiger partial charge in [0.15, 0.2) is 0 Å². The van der Waals surface area contributed by atoms with Gasteiger partial charge in [0, 0.05) is 43.9 Å². The van der Waals surface area contributed by atoms with Crippen molar-refractivity contribution in [3.8, 4) is 11.3 Å². The van der Waals surface area contributed by atoms with Crippen LogP contribution >= 0.6 is 0 Å². The number of likely N-dealkylation sites (N-methyl/N-ethyl adjacent to an activating group) is 1. The second-order valence-electron chi connectivity index (χ2n) is 10.9. The van der Waals surface area contributed by atoms with Gasteiger partial charge in [-0.1, -0.05) is 42.5 Å². The molecule has 2 aliphatic rings. The molecule has 0 spiro atoms. The summed E-state index contributed by atoms with van der Waals surface area (Å²) in [6.45, 7) is 6.86. The highest BCUT2D eigenvalue weighted by Crippen LogP contribution is 2.41. The van der Waals surface area contributed by atoms with Gasteiger partial charge in [-0.3, -0.25) is 4.98 Å². The monoisotopic (exact) mass is 582 g/mol. The third kappa shape index (κ3) is 6.34. The quantitative estimate of drug-likeness (QED) is 0.432. The van der Waals surface area contributed by atoms with Gasteiger partial charge in [-0.15, -0.1) is 4.40 Å². The van der Waals surface area contributed by atoms with Crippen LogP contribution in [0.3, 0.4) is 0 Å². The SMILES string of the molecule is CN1CCN(c2cnc(-c3ccc([C@H]4C(C)(C)OC(NC(CCO)c5ccccc5F)=NS4(=O)=O)cc3)cn2)CC1. The number of aliphatic hydroxyl groups is 1. The van der Waals surface area contributed by atoms with Gasteiger partial charge in [-0.25, -0.2) is 17.8 Å². The van der Waals surface area contributed by atoms with Crippen LogP contribution in [0.2, 0.25) is 0 Å². The molecule has 218 valence electrons. The van der Waals surface area contributed by atoms with Crippen molar-refractivity contribution in [2.45, 2.75) is 37.2 Å². The third-order valence-electron chi connectivity index (χ3n) is 7.47. The normalized spacial score (nSPS) is 21.0. The highest BCUT2D eigenvalue weighted by Gasteiger charge is 2.47. The number of aromatic nitrogens is 2. The molecule has 1 saturated heterocycles. The second kappa shape index (κ2) is 11.7. The topological polar surface area (TPSA) is 120 Å². The van der Waals surface area contributed by atoms with Crippen LogP contribution in [0.4, 0.5) is 10.2 Å². The molecule has 12 heteroatoms. The van der Waals surface area contributed by atoms with Crippen LogP contribution in [0.5, 0.6) is 0 Å². The number of ether oxygens (including phenoxy) is 1. The van der Waals surface area contributed by atoms with Crippen LogP contribution in [0, 0.1) is 5.82 Å². The Morgan fingerprint density at radius 2 is 1.78 bits per heavy atom. The predicted octanol–water partition coefficient (Wildman–Crippen LogP) is 3.28. The average Bonchev–Trinajstić information content (AvgIpc) is 2.93. The van der Waals surface area contributed by atoms with Crippen LogP contribution in [0.1, 0.15) is 42.7 Å². The first-order valence-electron chi connectivity index (χ1n) is 13.6. The van der Waals surface area contributed by atoms with Crippen LogP contribution < -0.4 is 10.2 Å². The summed E-state index contributed by atoms with van der Waals surface area (Å²) in [4.78, 5) is 13.7. The van der Waals surface area contributed by atoms with E-state index in [1.165, 1.54) is 6.07 Å². The number of aliphatic hydroxyl groups excluding tert-OH is 1. The summed E-state index contributed by atoms with van der Waals surface area (Å²) < 4.78 is 51.3. The summed E-state index contributed by atoms with van der Waals surface area (Å²) >= 11 is 0. The summed E-state index contributed by atoms with van der Waals surface area (Å²) in [5.41, 5.74) is 1.09. The number of halogens is 1. The first-order valence-corrected chi connectivity index (χ1v) is 15.1. The van der Waals surface area contributed by atoms with Gasteiger partial charge >= 0.3 is 6.02 Å². The Hall–Kier alpha value is -3.61. The number of anilines is 1. The van der Waals surface area contributed by atoms with Gasteiger partial charge in [0.1, 0.15) is 22.5 Å². The molecule has 2 aromatic carbocycles. The van der Waals surface area contributed by atoms with Gasteiger partial charge < -0.3 is 25.0 Å². The first-order chi connectivity index (χ1) is 19.6. The molecule has 0 aliphatic carbocycles. The Labute approximate surface area is 240 Å². The molecule has 1 fully saturated rings. The predicted molar refractivity (Wildman–Crippen MR) is 155 cm³/mol. The number of benzene rings is 2. The van der Waals surface area contributed by atoms with Gasteiger partial charge in [0.2, 0.25) is 0 Å². The molecule has 2 aliphatic heterocycles. The standard InChI is InChI=1S/C29H35FN6O4S/c1-29(2)27(41(38,39)34-28(40-29)33-24(12-17-37)22-6-4-5-7-23(22)30)21-10-8-20(9-11-21)25-18-32-26(19-31-25)36-15-13-35(3)14-16-36/h4-11,18-19,24,27,37H,12-17H2,1-3H3,(H,33,34)/t24?,27-/m0/s1. The van der Waals surface area contributed by atoms with E-state index in [-0.39, 0.29) is 24.6 Å². The number of amidine groups is 1. The van der Waals surface area contributed by atoms with Gasteiger partial charge in [0.25, 0.3) is 10.0 Å². The number of nitrogens with one attached hydrogen (secondary N) is 1. The van der Waals surface area contributed by atoms with E-state index in [0.29, 0.717) is 11.3 Å². The number of sulfonamides is 1. The molecule has 41 heavy (non-hydrogen) atoms. The van der Waals surface area contributed by atoms with Gasteiger partial charge in [-0.2, -0.15) is 0 Å². The Bertz CT molecular complexity index is 1490. The molecule has 0 saturated carbocycles. The van der Waals surface area contributed by atoms with Crippen LogP contribution in [0.15, 0.2) is 65.3 Å². The van der Waals surface area contributed by atoms with E-state index < -0.39 is 32.7 Å². The lowest BCUT2D eigenvalue weighted by Gasteiger charge is -2.38. The van der Waals surface area contributed by atoms with E-state index in [9.17, 15) is 17.9 Å². The van der Waals surface area contributed by atoms with E-state index in [4.69, 9.17) is 4.74 Å². The van der Waals surface area contributed by atoms with Crippen LogP contribution in [-0.2, 0) is 14.8 Å². The maximum absolute atomic E-state index is 14.4. The van der Waals surface area contributed by atoms with E-state index in [1.54, 1.807) is 56.6 Å². The van der Waals surface area contributed by atoms with Crippen molar-refractivity contribution in [1.82, 2.24) is 20.2 Å². The lowest BCUT2D eigenvalue weighted by molar-refractivity contribution is 0.0759.